The zero-order valence-electron chi connectivity index (χ0n) is 14.9. The molecule has 1 aliphatic rings. The van der Waals surface area contributed by atoms with Crippen LogP contribution in [0, 0.1) is 6.92 Å². The summed E-state index contributed by atoms with van der Waals surface area (Å²) in [4.78, 5) is 14.7. The van der Waals surface area contributed by atoms with Crippen LogP contribution in [0.5, 0.6) is 5.75 Å². The van der Waals surface area contributed by atoms with E-state index in [0.717, 1.165) is 56.6 Å². The molecule has 5 heteroatoms. The molecule has 1 N–H and O–H groups in total. The van der Waals surface area contributed by atoms with E-state index in [1.54, 1.807) is 0 Å². The van der Waals surface area contributed by atoms with Gasteiger partial charge in [0.2, 0.25) is 5.91 Å². The van der Waals surface area contributed by atoms with E-state index in [1.807, 2.05) is 31.2 Å². The van der Waals surface area contributed by atoms with E-state index in [4.69, 9.17) is 4.74 Å². The van der Waals surface area contributed by atoms with Gasteiger partial charge in [-0.1, -0.05) is 25.1 Å². The lowest BCUT2D eigenvalue weighted by Gasteiger charge is -2.34. The van der Waals surface area contributed by atoms with Crippen molar-refractivity contribution in [3.05, 3.63) is 29.8 Å². The van der Waals surface area contributed by atoms with E-state index in [0.29, 0.717) is 19.1 Å². The summed E-state index contributed by atoms with van der Waals surface area (Å²) in [5.74, 6) is 1.20. The zero-order valence-corrected chi connectivity index (χ0v) is 15.7. The van der Waals surface area contributed by atoms with Crippen molar-refractivity contribution >= 4 is 18.3 Å². The Hall–Kier alpha value is -1.26. The number of piperidine rings is 1. The third kappa shape index (κ3) is 6.33. The molecule has 0 saturated carbocycles. The molecule has 4 nitrogen and oxygen atoms in total. The van der Waals surface area contributed by atoms with Crippen LogP contribution in [0.15, 0.2) is 24.3 Å². The normalized spacial score (nSPS) is 14.8. The first kappa shape index (κ1) is 20.8. The summed E-state index contributed by atoms with van der Waals surface area (Å²) in [6.07, 6.45) is 4.53. The summed E-state index contributed by atoms with van der Waals surface area (Å²) in [5, 5.41) is 3.37. The Bertz CT molecular complexity index is 490. The van der Waals surface area contributed by atoms with Gasteiger partial charge in [0.05, 0.1) is 6.61 Å². The molecule has 0 aromatic heterocycles. The molecular weight excluding hydrogens is 324 g/mol. The van der Waals surface area contributed by atoms with Crippen molar-refractivity contribution in [2.75, 3.05) is 26.2 Å². The average Bonchev–Trinajstić information content (AvgIpc) is 2.58. The third-order valence-electron chi connectivity index (χ3n) is 4.42. The SMILES string of the molecule is CCCN(C(=O)CCCOc1ccccc1C)C1CCNCC1.Cl. The standard InChI is InChI=1S/C19H30N2O2.ClH/c1-3-14-21(17-10-12-20-13-11-17)19(22)9-6-15-23-18-8-5-4-7-16(18)2;/h4-5,7-8,17,20H,3,6,9-15H2,1-2H3;1H. The lowest BCUT2D eigenvalue weighted by Crippen LogP contribution is -2.46. The highest BCUT2D eigenvalue weighted by Crippen LogP contribution is 2.17. The maximum atomic E-state index is 12.6. The number of ether oxygens (including phenoxy) is 1. The quantitative estimate of drug-likeness (QED) is 0.726. The number of halogens is 1. The number of hydrogen-bond acceptors (Lipinski definition) is 3. The van der Waals surface area contributed by atoms with Crippen molar-refractivity contribution < 1.29 is 9.53 Å². The molecule has 1 fully saturated rings. The lowest BCUT2D eigenvalue weighted by molar-refractivity contribution is -0.134. The van der Waals surface area contributed by atoms with Crippen LogP contribution >= 0.6 is 12.4 Å². The number of rotatable bonds is 8. The minimum absolute atomic E-state index is 0. The lowest BCUT2D eigenvalue weighted by atomic mass is 10.0. The Morgan fingerprint density at radius 3 is 2.67 bits per heavy atom. The highest BCUT2D eigenvalue weighted by atomic mass is 35.5. The maximum Gasteiger partial charge on any atom is 0.222 e. The van der Waals surface area contributed by atoms with Crippen molar-refractivity contribution in [3.8, 4) is 5.75 Å². The van der Waals surface area contributed by atoms with Gasteiger partial charge in [0.25, 0.3) is 0 Å². The van der Waals surface area contributed by atoms with Crippen LogP contribution in [0.1, 0.15) is 44.6 Å². The van der Waals surface area contributed by atoms with E-state index in [1.165, 1.54) is 0 Å². The average molecular weight is 355 g/mol. The predicted octanol–water partition coefficient (Wildman–Crippen LogP) is 3.57. The van der Waals surface area contributed by atoms with Gasteiger partial charge in [0.1, 0.15) is 5.75 Å². The molecule has 1 heterocycles. The highest BCUT2D eigenvalue weighted by Gasteiger charge is 2.24. The Balaban J connectivity index is 0.00000288. The van der Waals surface area contributed by atoms with E-state index in [9.17, 15) is 4.79 Å². The summed E-state index contributed by atoms with van der Waals surface area (Å²) in [5.41, 5.74) is 1.14. The molecule has 1 aromatic rings. The fourth-order valence-electron chi connectivity index (χ4n) is 3.14. The Kier molecular flexibility index (Phi) is 9.80. The van der Waals surface area contributed by atoms with Crippen molar-refractivity contribution in [2.24, 2.45) is 0 Å². The Morgan fingerprint density at radius 2 is 2.00 bits per heavy atom. The first-order valence-corrected chi connectivity index (χ1v) is 8.91. The van der Waals surface area contributed by atoms with Crippen LogP contribution in [0.4, 0.5) is 0 Å². The van der Waals surface area contributed by atoms with Crippen molar-refractivity contribution in [2.45, 2.75) is 52.0 Å². The Morgan fingerprint density at radius 1 is 1.29 bits per heavy atom. The number of benzene rings is 1. The van der Waals surface area contributed by atoms with Gasteiger partial charge in [-0.15, -0.1) is 12.4 Å². The number of nitrogens with zero attached hydrogens (tertiary/aromatic N) is 1. The number of para-hydroxylation sites is 1. The number of carbonyl (C=O) groups excluding carboxylic acids is 1. The molecule has 0 atom stereocenters. The molecule has 136 valence electrons. The molecule has 1 amide bonds. The predicted molar refractivity (Wildman–Crippen MR) is 101 cm³/mol. The molecule has 0 bridgehead atoms. The van der Waals surface area contributed by atoms with Gasteiger partial charge in [-0.25, -0.2) is 0 Å². The molecule has 1 aromatic carbocycles. The molecular formula is C19H31ClN2O2. The van der Waals surface area contributed by atoms with Gasteiger partial charge >= 0.3 is 0 Å². The van der Waals surface area contributed by atoms with Gasteiger partial charge < -0.3 is 15.0 Å². The second-order valence-electron chi connectivity index (χ2n) is 6.29. The minimum Gasteiger partial charge on any atom is -0.493 e. The van der Waals surface area contributed by atoms with Crippen LogP contribution in [-0.2, 0) is 4.79 Å². The second kappa shape index (κ2) is 11.3. The van der Waals surface area contributed by atoms with Crippen LogP contribution in [0.2, 0.25) is 0 Å². The first-order valence-electron chi connectivity index (χ1n) is 8.91. The van der Waals surface area contributed by atoms with E-state index in [-0.39, 0.29) is 18.3 Å². The molecule has 0 aliphatic carbocycles. The number of nitrogens with one attached hydrogen (secondary N) is 1. The van der Waals surface area contributed by atoms with Crippen molar-refractivity contribution in [1.29, 1.82) is 0 Å². The van der Waals surface area contributed by atoms with Gasteiger partial charge in [-0.2, -0.15) is 0 Å². The van der Waals surface area contributed by atoms with Crippen molar-refractivity contribution in [1.82, 2.24) is 10.2 Å². The van der Waals surface area contributed by atoms with Crippen molar-refractivity contribution in [3.63, 3.8) is 0 Å². The molecule has 2 rings (SSSR count). The minimum atomic E-state index is 0. The van der Waals surface area contributed by atoms with Crippen LogP contribution in [-0.4, -0.2) is 43.1 Å². The third-order valence-corrected chi connectivity index (χ3v) is 4.42. The largest absolute Gasteiger partial charge is 0.493 e. The summed E-state index contributed by atoms with van der Waals surface area (Å²) in [6, 6.07) is 8.43. The van der Waals surface area contributed by atoms with Gasteiger partial charge in [-0.05, 0) is 57.3 Å². The summed E-state index contributed by atoms with van der Waals surface area (Å²) in [6.45, 7) is 7.71. The molecule has 1 aliphatic heterocycles. The summed E-state index contributed by atoms with van der Waals surface area (Å²) < 4.78 is 5.79. The van der Waals surface area contributed by atoms with Crippen LogP contribution in [0.25, 0.3) is 0 Å². The molecule has 0 unspecified atom stereocenters. The van der Waals surface area contributed by atoms with E-state index < -0.39 is 0 Å². The fraction of sp³-hybridized carbons (Fsp3) is 0.632. The summed E-state index contributed by atoms with van der Waals surface area (Å²) >= 11 is 0. The van der Waals surface area contributed by atoms with Gasteiger partial charge in [-0.3, -0.25) is 4.79 Å². The molecule has 24 heavy (non-hydrogen) atoms. The zero-order chi connectivity index (χ0) is 16.5. The first-order chi connectivity index (χ1) is 11.2. The Labute approximate surface area is 152 Å². The summed E-state index contributed by atoms with van der Waals surface area (Å²) in [7, 11) is 0. The number of hydrogen-bond donors (Lipinski definition) is 1. The number of amides is 1. The number of aryl methyl sites for hydroxylation is 1. The number of carbonyl (C=O) groups is 1. The van der Waals surface area contributed by atoms with Crippen LogP contribution < -0.4 is 10.1 Å². The van der Waals surface area contributed by atoms with Gasteiger partial charge in [0.15, 0.2) is 0 Å². The van der Waals surface area contributed by atoms with E-state index in [2.05, 4.69) is 17.1 Å². The van der Waals surface area contributed by atoms with E-state index >= 15 is 0 Å². The molecule has 0 radical (unpaired) electrons. The molecule has 1 saturated heterocycles. The monoisotopic (exact) mass is 354 g/mol. The molecule has 0 spiro atoms. The smallest absolute Gasteiger partial charge is 0.222 e. The highest BCUT2D eigenvalue weighted by molar-refractivity contribution is 5.85. The fourth-order valence-corrected chi connectivity index (χ4v) is 3.14. The van der Waals surface area contributed by atoms with Gasteiger partial charge in [0, 0.05) is 19.0 Å². The topological polar surface area (TPSA) is 41.6 Å². The van der Waals surface area contributed by atoms with Crippen LogP contribution in [0.3, 0.4) is 0 Å². The maximum absolute atomic E-state index is 12.6. The second-order valence-corrected chi connectivity index (χ2v) is 6.29.